The average Bonchev–Trinajstić information content (AvgIpc) is 2.50. The van der Waals surface area contributed by atoms with Gasteiger partial charge in [-0.2, -0.15) is 11.8 Å². The van der Waals surface area contributed by atoms with E-state index in [1.165, 1.54) is 0 Å². The summed E-state index contributed by atoms with van der Waals surface area (Å²) in [5, 5.41) is 12.4. The van der Waals surface area contributed by atoms with Gasteiger partial charge in [0.1, 0.15) is 11.5 Å². The summed E-state index contributed by atoms with van der Waals surface area (Å²) in [5.74, 6) is 3.29. The number of aliphatic hydroxyl groups is 1. The van der Waals surface area contributed by atoms with Gasteiger partial charge in [-0.05, 0) is 19.0 Å². The van der Waals surface area contributed by atoms with Crippen molar-refractivity contribution in [3.05, 3.63) is 23.8 Å². The zero-order valence-corrected chi connectivity index (χ0v) is 13.3. The van der Waals surface area contributed by atoms with Crippen molar-refractivity contribution in [2.45, 2.75) is 19.4 Å². The molecular formula is C15H25NO3S. The fourth-order valence-electron chi connectivity index (χ4n) is 1.95. The Hall–Kier alpha value is -0.910. The van der Waals surface area contributed by atoms with E-state index in [0.717, 1.165) is 41.5 Å². The molecule has 0 saturated carbocycles. The molecule has 1 aromatic carbocycles. The van der Waals surface area contributed by atoms with Gasteiger partial charge < -0.3 is 19.9 Å². The molecule has 0 aliphatic rings. The summed E-state index contributed by atoms with van der Waals surface area (Å²) in [5.41, 5.74) is 1.13. The number of hydrogen-bond acceptors (Lipinski definition) is 5. The van der Waals surface area contributed by atoms with E-state index in [9.17, 15) is 0 Å². The lowest BCUT2D eigenvalue weighted by molar-refractivity contribution is 0.322. The Labute approximate surface area is 125 Å². The number of thioether (sulfide) groups is 1. The molecule has 1 unspecified atom stereocenters. The van der Waals surface area contributed by atoms with Crippen molar-refractivity contribution in [1.29, 1.82) is 0 Å². The molecule has 114 valence electrons. The van der Waals surface area contributed by atoms with Gasteiger partial charge in [0, 0.05) is 29.2 Å². The van der Waals surface area contributed by atoms with Crippen LogP contribution in [0.15, 0.2) is 18.2 Å². The van der Waals surface area contributed by atoms with Crippen LogP contribution in [0.2, 0.25) is 0 Å². The normalized spacial score (nSPS) is 12.2. The number of benzene rings is 1. The molecule has 4 nitrogen and oxygen atoms in total. The van der Waals surface area contributed by atoms with Crippen molar-refractivity contribution in [2.75, 3.05) is 38.9 Å². The van der Waals surface area contributed by atoms with Gasteiger partial charge in [0.2, 0.25) is 0 Å². The van der Waals surface area contributed by atoms with Crippen LogP contribution in [0.25, 0.3) is 0 Å². The topological polar surface area (TPSA) is 50.7 Å². The molecule has 1 atom stereocenters. The summed E-state index contributed by atoms with van der Waals surface area (Å²) in [6.45, 7) is 3.32. The maximum atomic E-state index is 8.91. The highest BCUT2D eigenvalue weighted by Crippen LogP contribution is 2.31. The van der Waals surface area contributed by atoms with Gasteiger partial charge in [-0.15, -0.1) is 0 Å². The van der Waals surface area contributed by atoms with Crippen LogP contribution in [0.1, 0.15) is 24.9 Å². The Morgan fingerprint density at radius 3 is 2.70 bits per heavy atom. The average molecular weight is 299 g/mol. The number of aliphatic hydroxyl groups excluding tert-OH is 1. The zero-order chi connectivity index (χ0) is 14.8. The zero-order valence-electron chi connectivity index (χ0n) is 12.5. The summed E-state index contributed by atoms with van der Waals surface area (Å²) in [6, 6.07) is 6.12. The second-order valence-electron chi connectivity index (χ2n) is 4.41. The highest BCUT2D eigenvalue weighted by molar-refractivity contribution is 7.99. The van der Waals surface area contributed by atoms with Gasteiger partial charge in [-0.3, -0.25) is 0 Å². The van der Waals surface area contributed by atoms with Gasteiger partial charge in [-0.25, -0.2) is 0 Å². The Morgan fingerprint density at radius 2 is 2.10 bits per heavy atom. The fourth-order valence-corrected chi connectivity index (χ4v) is 2.78. The second-order valence-corrected chi connectivity index (χ2v) is 5.56. The molecule has 1 rings (SSSR count). The minimum absolute atomic E-state index is 0.213. The van der Waals surface area contributed by atoms with Crippen LogP contribution in [-0.2, 0) is 0 Å². The van der Waals surface area contributed by atoms with Gasteiger partial charge >= 0.3 is 0 Å². The van der Waals surface area contributed by atoms with Gasteiger partial charge in [0.15, 0.2) is 0 Å². The van der Waals surface area contributed by atoms with E-state index in [4.69, 9.17) is 14.6 Å². The Kier molecular flexibility index (Phi) is 8.49. The first kappa shape index (κ1) is 17.1. The quantitative estimate of drug-likeness (QED) is 0.650. The molecule has 5 heteroatoms. The first-order chi connectivity index (χ1) is 9.76. The highest BCUT2D eigenvalue weighted by atomic mass is 32.2. The minimum Gasteiger partial charge on any atom is -0.497 e. The second kappa shape index (κ2) is 9.91. The van der Waals surface area contributed by atoms with E-state index in [1.54, 1.807) is 26.0 Å². The maximum Gasteiger partial charge on any atom is 0.127 e. The highest BCUT2D eigenvalue weighted by Gasteiger charge is 2.16. The molecule has 0 spiro atoms. The molecule has 0 aromatic heterocycles. The SMILES string of the molecule is CCCNC(CSCCO)c1ccc(OC)cc1OC. The molecule has 1 aromatic rings. The molecule has 2 N–H and O–H groups in total. The molecule has 20 heavy (non-hydrogen) atoms. The molecule has 0 saturated heterocycles. The standard InChI is InChI=1S/C15H25NO3S/c1-4-7-16-14(11-20-9-8-17)13-6-5-12(18-2)10-15(13)19-3/h5-6,10,14,16-17H,4,7-9,11H2,1-3H3. The van der Waals surface area contributed by atoms with Crippen LogP contribution in [0.5, 0.6) is 11.5 Å². The van der Waals surface area contributed by atoms with Crippen molar-refractivity contribution in [1.82, 2.24) is 5.32 Å². The van der Waals surface area contributed by atoms with E-state index in [-0.39, 0.29) is 12.6 Å². The van der Waals surface area contributed by atoms with Crippen molar-refractivity contribution in [3.63, 3.8) is 0 Å². The molecule has 0 aliphatic heterocycles. The predicted octanol–water partition coefficient (Wildman–Crippen LogP) is 2.47. The Balaban J connectivity index is 2.86. The smallest absolute Gasteiger partial charge is 0.127 e. The summed E-state index contributed by atoms with van der Waals surface area (Å²) in [4.78, 5) is 0. The van der Waals surface area contributed by atoms with E-state index in [2.05, 4.69) is 12.2 Å². The van der Waals surface area contributed by atoms with Crippen LogP contribution in [0.4, 0.5) is 0 Å². The number of rotatable bonds is 10. The van der Waals surface area contributed by atoms with Crippen LogP contribution in [0, 0.1) is 0 Å². The monoisotopic (exact) mass is 299 g/mol. The van der Waals surface area contributed by atoms with Crippen molar-refractivity contribution in [2.24, 2.45) is 0 Å². The fraction of sp³-hybridized carbons (Fsp3) is 0.600. The van der Waals surface area contributed by atoms with E-state index in [1.807, 2.05) is 18.2 Å². The number of ether oxygens (including phenoxy) is 2. The molecule has 0 bridgehead atoms. The number of nitrogens with one attached hydrogen (secondary N) is 1. The first-order valence-corrected chi connectivity index (χ1v) is 8.06. The van der Waals surface area contributed by atoms with E-state index >= 15 is 0 Å². The molecule has 0 heterocycles. The van der Waals surface area contributed by atoms with Crippen LogP contribution < -0.4 is 14.8 Å². The number of hydrogen-bond donors (Lipinski definition) is 2. The van der Waals surface area contributed by atoms with Crippen LogP contribution in [0.3, 0.4) is 0 Å². The molecular weight excluding hydrogens is 274 g/mol. The van der Waals surface area contributed by atoms with Gasteiger partial charge in [0.05, 0.1) is 20.8 Å². The summed E-state index contributed by atoms with van der Waals surface area (Å²) >= 11 is 1.74. The third-order valence-electron chi connectivity index (χ3n) is 2.98. The first-order valence-electron chi connectivity index (χ1n) is 6.90. The molecule has 0 aliphatic carbocycles. The molecule has 0 amide bonds. The van der Waals surface area contributed by atoms with Crippen LogP contribution >= 0.6 is 11.8 Å². The lowest BCUT2D eigenvalue weighted by Gasteiger charge is -2.21. The Morgan fingerprint density at radius 1 is 1.30 bits per heavy atom. The molecule has 0 fully saturated rings. The van der Waals surface area contributed by atoms with Crippen LogP contribution in [-0.4, -0.2) is 44.0 Å². The third-order valence-corrected chi connectivity index (χ3v) is 4.02. The van der Waals surface area contributed by atoms with Crippen molar-refractivity contribution < 1.29 is 14.6 Å². The summed E-state index contributed by atoms with van der Waals surface area (Å²) < 4.78 is 10.7. The molecule has 0 radical (unpaired) electrons. The lowest BCUT2D eigenvalue weighted by atomic mass is 10.1. The maximum absolute atomic E-state index is 8.91. The van der Waals surface area contributed by atoms with E-state index < -0.39 is 0 Å². The Bertz CT molecular complexity index is 387. The number of methoxy groups -OCH3 is 2. The van der Waals surface area contributed by atoms with E-state index in [0.29, 0.717) is 0 Å². The van der Waals surface area contributed by atoms with Gasteiger partial charge in [-0.1, -0.05) is 13.0 Å². The summed E-state index contributed by atoms with van der Waals surface area (Å²) in [7, 11) is 3.33. The summed E-state index contributed by atoms with van der Waals surface area (Å²) in [6.07, 6.45) is 1.08. The predicted molar refractivity (Wildman–Crippen MR) is 85.0 cm³/mol. The van der Waals surface area contributed by atoms with Gasteiger partial charge in [0.25, 0.3) is 0 Å². The minimum atomic E-state index is 0.213. The third kappa shape index (κ3) is 5.23. The van der Waals surface area contributed by atoms with Crippen molar-refractivity contribution in [3.8, 4) is 11.5 Å². The lowest BCUT2D eigenvalue weighted by Crippen LogP contribution is -2.25. The van der Waals surface area contributed by atoms with Crippen molar-refractivity contribution >= 4 is 11.8 Å². The largest absolute Gasteiger partial charge is 0.497 e.